The summed E-state index contributed by atoms with van der Waals surface area (Å²) in [5.74, 6) is -0.0852. The van der Waals surface area contributed by atoms with Gasteiger partial charge in [-0.15, -0.1) is 0 Å². The molecule has 0 spiro atoms. The maximum atomic E-state index is 6.14. The normalized spacial score (nSPS) is 16.2. The predicted molar refractivity (Wildman–Crippen MR) is 352 cm³/mol. The summed E-state index contributed by atoms with van der Waals surface area (Å²) < 4.78 is 12.3. The fraction of sp³-hybridized carbons (Fsp3) is 0.0833. The molecule has 0 unspecified atom stereocenters. The highest BCUT2D eigenvalue weighted by Crippen LogP contribution is 2.46. The van der Waals surface area contributed by atoms with Crippen molar-refractivity contribution >= 4 is 97.2 Å². The molecule has 0 radical (unpaired) electrons. The van der Waals surface area contributed by atoms with E-state index < -0.39 is 32.9 Å². The summed E-state index contributed by atoms with van der Waals surface area (Å²) in [5, 5.41) is 10.4. The van der Waals surface area contributed by atoms with E-state index in [9.17, 15) is 0 Å². The van der Waals surface area contributed by atoms with Crippen LogP contribution in [0.2, 0.25) is 26.2 Å². The number of rotatable bonds is 15. The number of allylic oxidation sites excluding steroid dienone is 4. The van der Waals surface area contributed by atoms with E-state index in [1.807, 2.05) is 0 Å². The van der Waals surface area contributed by atoms with Gasteiger partial charge in [-0.05, 0) is 103 Å². The zero-order chi connectivity index (χ0) is 54.6. The fourth-order valence-electron chi connectivity index (χ4n) is 12.4. The van der Waals surface area contributed by atoms with Crippen LogP contribution in [0, 0.1) is 0 Å². The first-order chi connectivity index (χ1) is 39.2. The van der Waals surface area contributed by atoms with E-state index in [4.69, 9.17) is 9.32 Å². The van der Waals surface area contributed by atoms with Crippen molar-refractivity contribution in [3.05, 3.63) is 326 Å². The monoisotopic (exact) mass is 1100 g/mol. The van der Waals surface area contributed by atoms with Crippen LogP contribution in [0.15, 0.2) is 313 Å². The van der Waals surface area contributed by atoms with Crippen LogP contribution in [0.5, 0.6) is 0 Å². The lowest BCUT2D eigenvalue weighted by molar-refractivity contribution is 0.730. The van der Waals surface area contributed by atoms with Crippen molar-refractivity contribution in [2.75, 3.05) is 9.96 Å². The first-order valence-corrected chi connectivity index (χ1v) is 37.9. The average Bonchev–Trinajstić information content (AvgIpc) is 3.66. The lowest BCUT2D eigenvalue weighted by atomic mass is 9.72. The molecular formula is C72H66N4Si4. The van der Waals surface area contributed by atoms with Gasteiger partial charge in [0.2, 0.25) is 32.9 Å². The van der Waals surface area contributed by atoms with Crippen molar-refractivity contribution in [1.82, 2.24) is 0 Å². The van der Waals surface area contributed by atoms with Crippen molar-refractivity contribution in [3.63, 3.8) is 0 Å². The van der Waals surface area contributed by atoms with Crippen molar-refractivity contribution in [2.45, 2.75) is 38.0 Å². The summed E-state index contributed by atoms with van der Waals surface area (Å²) in [6.45, 7) is 9.73. The first kappa shape index (κ1) is 52.2. The number of benzene rings is 10. The molecule has 2 N–H and O–H groups in total. The molecule has 0 heterocycles. The van der Waals surface area contributed by atoms with Gasteiger partial charge in [0.25, 0.3) is 0 Å². The van der Waals surface area contributed by atoms with Gasteiger partial charge in [0.15, 0.2) is 0 Å². The van der Waals surface area contributed by atoms with Gasteiger partial charge < -0.3 is 19.3 Å². The molecule has 0 aromatic heterocycles. The highest BCUT2D eigenvalue weighted by atomic mass is 28.3. The fourth-order valence-corrected chi connectivity index (χ4v) is 24.5. The van der Waals surface area contributed by atoms with E-state index >= 15 is 0 Å². The molecule has 10 aromatic rings. The van der Waals surface area contributed by atoms with E-state index in [-0.39, 0.29) is 11.8 Å². The van der Waals surface area contributed by atoms with Crippen molar-refractivity contribution in [2.24, 2.45) is 9.32 Å². The van der Waals surface area contributed by atoms with Gasteiger partial charge in [0.05, 0.1) is 11.4 Å². The number of nitrogens with zero attached hydrogens (tertiary/aromatic N) is 2. The molecule has 8 heteroatoms. The van der Waals surface area contributed by atoms with E-state index in [0.717, 1.165) is 22.8 Å². The van der Waals surface area contributed by atoms with Crippen molar-refractivity contribution in [1.29, 1.82) is 0 Å². The van der Waals surface area contributed by atoms with Gasteiger partial charge in [-0.25, -0.2) is 0 Å². The number of fused-ring (bicyclic) bond motifs is 2. The topological polar surface area (TPSA) is 48.8 Å². The second-order valence-corrected chi connectivity index (χ2v) is 36.2. The van der Waals surface area contributed by atoms with Crippen LogP contribution in [-0.4, -0.2) is 44.4 Å². The van der Waals surface area contributed by atoms with Crippen LogP contribution in [0.25, 0.3) is 0 Å². The second-order valence-electron chi connectivity index (χ2n) is 21.9. The van der Waals surface area contributed by atoms with E-state index in [1.54, 1.807) is 0 Å². The molecule has 0 amide bonds. The Morgan fingerprint density at radius 2 is 0.512 bits per heavy atom. The van der Waals surface area contributed by atoms with Crippen molar-refractivity contribution < 1.29 is 0 Å². The first-order valence-electron chi connectivity index (χ1n) is 28.0. The lowest BCUT2D eigenvalue weighted by Gasteiger charge is -2.37. The number of anilines is 2. The standard InChI is InChI=1S/C72H66N4Si4/c1-77(55-31-13-5-14-32-55,56-33-15-6-16-34-56)73-67-49-29-47-65-63(51-53-69(71(65)67)75-79(3,59-39-21-9-22-40-59)60-41-23-10-24-42-60)64-52-54-70(76-80(4,61-43-25-11-26-44-61)62-45-27-12-28-46-62)72-66(64)48-30-50-68(72)74-78(2,57-35-17-7-18-36-57)58-37-19-8-20-38-58/h5-54,63-64,73-74H,1-4H3/b75-69+,76-70+/t63-,64+. The second kappa shape index (κ2) is 22.3. The Morgan fingerprint density at radius 1 is 0.275 bits per heavy atom. The van der Waals surface area contributed by atoms with Crippen LogP contribution in [-0.2, 0) is 0 Å². The summed E-state index contributed by atoms with van der Waals surface area (Å²) in [7, 11) is -10.9. The zero-order valence-corrected chi connectivity index (χ0v) is 49.9. The van der Waals surface area contributed by atoms with Crippen LogP contribution in [0.1, 0.15) is 34.1 Å². The average molecular weight is 1100 g/mol. The molecule has 0 saturated heterocycles. The van der Waals surface area contributed by atoms with Crippen molar-refractivity contribution in [3.8, 4) is 0 Å². The molecule has 4 nitrogen and oxygen atoms in total. The number of hydrogen-bond acceptors (Lipinski definition) is 4. The SMILES string of the molecule is C[Si](/N=C1\C=C[C@@H]([C@H]2C=C/C(=N\[Si](C)(c3ccccc3)c3ccccc3)c3c(N[Si](C)(c4ccccc4)c4ccccc4)cccc32)c2cccc(N[Si](C)(c3ccccc3)c3ccccc3)c21)(c1ccccc1)c1ccccc1. The van der Waals surface area contributed by atoms with E-state index in [1.165, 1.54) is 63.7 Å². The Morgan fingerprint density at radius 3 is 0.762 bits per heavy atom. The summed E-state index contributed by atoms with van der Waals surface area (Å²) in [6, 6.07) is 102. The van der Waals surface area contributed by atoms with Gasteiger partial charge >= 0.3 is 0 Å². The molecule has 12 rings (SSSR count). The third-order valence-electron chi connectivity index (χ3n) is 16.9. The number of nitrogens with one attached hydrogen (secondary N) is 2. The van der Waals surface area contributed by atoms with Gasteiger partial charge in [-0.3, -0.25) is 0 Å². The largest absolute Gasteiger partial charge is 0.403 e. The summed E-state index contributed by atoms with van der Waals surface area (Å²) in [4.78, 5) is 8.77. The number of hydrogen-bond donors (Lipinski definition) is 2. The van der Waals surface area contributed by atoms with E-state index in [2.05, 4.69) is 340 Å². The Hall–Kier alpha value is -8.51. The molecule has 80 heavy (non-hydrogen) atoms. The Labute approximate surface area is 477 Å². The highest BCUT2D eigenvalue weighted by molar-refractivity contribution is 7.04. The van der Waals surface area contributed by atoms with Crippen LogP contribution in [0.4, 0.5) is 11.4 Å². The molecule has 0 saturated carbocycles. The lowest BCUT2D eigenvalue weighted by Crippen LogP contribution is -2.62. The summed E-state index contributed by atoms with van der Waals surface area (Å²) >= 11 is 0. The summed E-state index contributed by atoms with van der Waals surface area (Å²) in [6.07, 6.45) is 9.65. The van der Waals surface area contributed by atoms with Gasteiger partial charge in [0, 0.05) is 34.3 Å². The summed E-state index contributed by atoms with van der Waals surface area (Å²) in [5.41, 5.74) is 9.08. The zero-order valence-electron chi connectivity index (χ0n) is 45.9. The van der Waals surface area contributed by atoms with Crippen LogP contribution in [0.3, 0.4) is 0 Å². The van der Waals surface area contributed by atoms with Gasteiger partial charge in [0.1, 0.15) is 0 Å². The minimum Gasteiger partial charge on any atom is -0.403 e. The van der Waals surface area contributed by atoms with Gasteiger partial charge in [-0.1, -0.05) is 279 Å². The Kier molecular flexibility index (Phi) is 14.6. The molecule has 0 fully saturated rings. The highest BCUT2D eigenvalue weighted by Gasteiger charge is 2.41. The maximum absolute atomic E-state index is 6.14. The molecule has 10 aromatic carbocycles. The van der Waals surface area contributed by atoms with Gasteiger partial charge in [-0.2, -0.15) is 0 Å². The Balaban J connectivity index is 1.09. The van der Waals surface area contributed by atoms with Crippen LogP contribution >= 0.6 is 0 Å². The molecule has 0 aliphatic heterocycles. The molecule has 2 aliphatic rings. The smallest absolute Gasteiger partial charge is 0.240 e. The molecule has 390 valence electrons. The molecule has 2 atom stereocenters. The molecule has 2 aliphatic carbocycles. The molecular weight excluding hydrogens is 1030 g/mol. The third-order valence-corrected chi connectivity index (χ3v) is 31.6. The quantitative estimate of drug-likeness (QED) is 0.101. The minimum absolute atomic E-state index is 0.0426. The molecule has 0 bridgehead atoms. The predicted octanol–water partition coefficient (Wildman–Crippen LogP) is 11.7. The van der Waals surface area contributed by atoms with Crippen LogP contribution < -0.4 is 51.5 Å². The van der Waals surface area contributed by atoms with E-state index in [0.29, 0.717) is 0 Å². The maximum Gasteiger partial charge on any atom is 0.240 e. The minimum atomic E-state index is -2.77. The third kappa shape index (κ3) is 9.90. The Bertz CT molecular complexity index is 3460.